The summed E-state index contributed by atoms with van der Waals surface area (Å²) in [6.45, 7) is 6.90. The predicted molar refractivity (Wildman–Crippen MR) is 125 cm³/mol. The first-order valence-electron chi connectivity index (χ1n) is 11.8. The molecule has 7 nitrogen and oxygen atoms in total. The Kier molecular flexibility index (Phi) is 7.81. The summed E-state index contributed by atoms with van der Waals surface area (Å²) in [7, 11) is 0. The van der Waals surface area contributed by atoms with Gasteiger partial charge in [-0.2, -0.15) is 4.98 Å². The molecule has 2 aliphatic rings. The van der Waals surface area contributed by atoms with Gasteiger partial charge in [0.25, 0.3) is 0 Å². The number of aliphatic hydroxyl groups is 1. The topological polar surface area (TPSA) is 82.8 Å². The zero-order chi connectivity index (χ0) is 23.2. The molecule has 1 N–H and O–H groups in total. The van der Waals surface area contributed by atoms with Crippen LogP contribution in [0.3, 0.4) is 0 Å². The van der Waals surface area contributed by atoms with Crippen LogP contribution in [0.4, 0.5) is 0 Å². The van der Waals surface area contributed by atoms with Gasteiger partial charge in [0.1, 0.15) is 12.7 Å². The van der Waals surface area contributed by atoms with Crippen LogP contribution in [0.15, 0.2) is 29.1 Å². The molecule has 1 saturated heterocycles. The zero-order valence-corrected chi connectivity index (χ0v) is 19.4. The fraction of sp³-hybridized carbons (Fsp3) is 0.538. The number of ether oxygens (including phenoxy) is 3. The van der Waals surface area contributed by atoms with Crippen LogP contribution in [-0.4, -0.2) is 53.3 Å². The Morgan fingerprint density at radius 2 is 2.18 bits per heavy atom. The molecule has 1 fully saturated rings. The van der Waals surface area contributed by atoms with E-state index in [1.165, 1.54) is 0 Å². The van der Waals surface area contributed by atoms with Crippen LogP contribution in [0.25, 0.3) is 11.3 Å². The number of hydrogen-bond acceptors (Lipinski definition) is 6. The maximum atomic E-state index is 12.6. The Labute approximate surface area is 194 Å². The summed E-state index contributed by atoms with van der Waals surface area (Å²) in [5.41, 5.74) is 3.46. The van der Waals surface area contributed by atoms with Gasteiger partial charge in [-0.3, -0.25) is 4.57 Å². The number of nitrogens with zero attached hydrogens (tertiary/aromatic N) is 2. The van der Waals surface area contributed by atoms with E-state index in [1.54, 1.807) is 4.57 Å². The second kappa shape index (κ2) is 11.0. The van der Waals surface area contributed by atoms with Crippen LogP contribution in [0.5, 0.6) is 5.88 Å². The minimum atomic E-state index is -0.620. The maximum Gasteiger partial charge on any atom is 0.351 e. The number of fused-ring (bicyclic) bond motifs is 3. The number of benzene rings is 1. The molecule has 2 aromatic rings. The second-order valence-electron chi connectivity index (χ2n) is 8.77. The van der Waals surface area contributed by atoms with E-state index < -0.39 is 6.10 Å². The van der Waals surface area contributed by atoms with Gasteiger partial charge >= 0.3 is 5.69 Å². The Bertz CT molecular complexity index is 1080. The van der Waals surface area contributed by atoms with Crippen LogP contribution < -0.4 is 10.4 Å². The van der Waals surface area contributed by atoms with E-state index in [2.05, 4.69) is 30.7 Å². The normalized spacial score (nSPS) is 19.3. The van der Waals surface area contributed by atoms with Crippen molar-refractivity contribution in [2.24, 2.45) is 5.92 Å². The quantitative estimate of drug-likeness (QED) is 0.679. The summed E-state index contributed by atoms with van der Waals surface area (Å²) in [5, 5.41) is 10.2. The second-order valence-corrected chi connectivity index (χ2v) is 8.77. The molecular weight excluding hydrogens is 420 g/mol. The van der Waals surface area contributed by atoms with E-state index in [0.29, 0.717) is 51.2 Å². The number of rotatable bonds is 6. The fourth-order valence-electron chi connectivity index (χ4n) is 4.12. The van der Waals surface area contributed by atoms with Crippen molar-refractivity contribution in [2.75, 3.05) is 26.4 Å². The van der Waals surface area contributed by atoms with Gasteiger partial charge in [-0.1, -0.05) is 38.2 Å². The smallest absolute Gasteiger partial charge is 0.351 e. The summed E-state index contributed by atoms with van der Waals surface area (Å²) in [6, 6.07) is 7.79. The standard InChI is InChI=1S/C26H32N2O5/c1-3-18(2)14-21(29)6-4-19-5-7-23-20(15-19)8-10-28-24(23)16-25(27-26(28)30)33-17-22-9-11-31-12-13-32-22/h5,7,15-16,18,21-22,29H,3,8-14,17H2,1-2H3. The minimum absolute atomic E-state index is 0.0721. The minimum Gasteiger partial charge on any atom is -0.475 e. The van der Waals surface area contributed by atoms with E-state index in [-0.39, 0.29) is 11.8 Å². The van der Waals surface area contributed by atoms with Crippen molar-refractivity contribution in [1.82, 2.24) is 9.55 Å². The molecule has 1 aromatic heterocycles. The van der Waals surface area contributed by atoms with E-state index in [9.17, 15) is 9.90 Å². The lowest BCUT2D eigenvalue weighted by atomic mass is 9.95. The van der Waals surface area contributed by atoms with Crippen LogP contribution in [0.1, 0.15) is 44.2 Å². The Balaban J connectivity index is 1.51. The molecule has 4 rings (SSSR count). The molecule has 3 unspecified atom stereocenters. The highest BCUT2D eigenvalue weighted by molar-refractivity contribution is 5.68. The average molecular weight is 453 g/mol. The van der Waals surface area contributed by atoms with E-state index >= 15 is 0 Å². The molecule has 0 spiro atoms. The van der Waals surface area contributed by atoms with Crippen LogP contribution in [0.2, 0.25) is 0 Å². The number of aliphatic hydroxyl groups excluding tert-OH is 1. The molecule has 176 valence electrons. The van der Waals surface area contributed by atoms with Gasteiger partial charge < -0.3 is 19.3 Å². The van der Waals surface area contributed by atoms with Gasteiger partial charge in [0.2, 0.25) is 5.88 Å². The molecule has 3 atom stereocenters. The molecule has 7 heteroatoms. The van der Waals surface area contributed by atoms with Crippen molar-refractivity contribution in [3.8, 4) is 29.0 Å². The highest BCUT2D eigenvalue weighted by Gasteiger charge is 2.20. The molecule has 2 aliphatic heterocycles. The van der Waals surface area contributed by atoms with Crippen LogP contribution in [0, 0.1) is 17.8 Å². The third-order valence-corrected chi connectivity index (χ3v) is 6.26. The molecule has 0 aliphatic carbocycles. The average Bonchev–Trinajstić information content (AvgIpc) is 3.10. The van der Waals surface area contributed by atoms with Crippen molar-refractivity contribution in [3.63, 3.8) is 0 Å². The van der Waals surface area contributed by atoms with Gasteiger partial charge in [-0.25, -0.2) is 4.79 Å². The number of hydrogen-bond donors (Lipinski definition) is 1. The Morgan fingerprint density at radius 1 is 1.30 bits per heavy atom. The van der Waals surface area contributed by atoms with Crippen molar-refractivity contribution < 1.29 is 19.3 Å². The van der Waals surface area contributed by atoms with Gasteiger partial charge in [0.05, 0.1) is 25.0 Å². The molecule has 3 heterocycles. The molecule has 0 amide bonds. The lowest BCUT2D eigenvalue weighted by molar-refractivity contribution is 0.0237. The van der Waals surface area contributed by atoms with Gasteiger partial charge in [-0.15, -0.1) is 0 Å². The van der Waals surface area contributed by atoms with E-state index in [1.807, 2.05) is 24.3 Å². The van der Waals surface area contributed by atoms with Gasteiger partial charge in [0.15, 0.2) is 0 Å². The highest BCUT2D eigenvalue weighted by Crippen LogP contribution is 2.30. The molecular formula is C26H32N2O5. The lowest BCUT2D eigenvalue weighted by Gasteiger charge is -2.22. The molecule has 0 saturated carbocycles. The van der Waals surface area contributed by atoms with Gasteiger partial charge in [0, 0.05) is 36.8 Å². The predicted octanol–water partition coefficient (Wildman–Crippen LogP) is 2.80. The largest absolute Gasteiger partial charge is 0.475 e. The van der Waals surface area contributed by atoms with Crippen molar-refractivity contribution in [1.29, 1.82) is 0 Å². The maximum absolute atomic E-state index is 12.6. The molecule has 1 aromatic carbocycles. The lowest BCUT2D eigenvalue weighted by Crippen LogP contribution is -2.29. The summed E-state index contributed by atoms with van der Waals surface area (Å²) >= 11 is 0. The van der Waals surface area contributed by atoms with Crippen LogP contribution >= 0.6 is 0 Å². The molecule has 0 bridgehead atoms. The summed E-state index contributed by atoms with van der Waals surface area (Å²) < 4.78 is 18.6. The highest BCUT2D eigenvalue weighted by atomic mass is 16.6. The summed E-state index contributed by atoms with van der Waals surface area (Å²) in [6.07, 6.45) is 2.49. The SMILES string of the molecule is CCC(C)CC(O)C#Cc1ccc2c(c1)CCn1c-2cc(OCC2CCOCCO2)nc1=O. The van der Waals surface area contributed by atoms with Crippen molar-refractivity contribution in [2.45, 2.75) is 58.3 Å². The van der Waals surface area contributed by atoms with Gasteiger partial charge in [-0.05, 0) is 36.5 Å². The van der Waals surface area contributed by atoms with Crippen molar-refractivity contribution in [3.05, 3.63) is 45.9 Å². The Hall–Kier alpha value is -2.66. The van der Waals surface area contributed by atoms with Crippen molar-refractivity contribution >= 4 is 0 Å². The van der Waals surface area contributed by atoms with Crippen LogP contribution in [-0.2, 0) is 22.4 Å². The molecule has 0 radical (unpaired) electrons. The van der Waals surface area contributed by atoms with E-state index in [0.717, 1.165) is 41.6 Å². The fourth-order valence-corrected chi connectivity index (χ4v) is 4.12. The molecule has 33 heavy (non-hydrogen) atoms. The Morgan fingerprint density at radius 3 is 3.03 bits per heavy atom. The summed E-state index contributed by atoms with van der Waals surface area (Å²) in [4.78, 5) is 16.7. The first kappa shape index (κ1) is 23.5. The third-order valence-electron chi connectivity index (χ3n) is 6.26. The van der Waals surface area contributed by atoms with E-state index in [4.69, 9.17) is 14.2 Å². The zero-order valence-electron chi connectivity index (χ0n) is 19.4. The first-order chi connectivity index (χ1) is 16.0. The summed E-state index contributed by atoms with van der Waals surface area (Å²) in [5.74, 6) is 6.82. The third kappa shape index (κ3) is 6.02. The first-order valence-corrected chi connectivity index (χ1v) is 11.8. The monoisotopic (exact) mass is 452 g/mol. The number of aromatic nitrogens is 2. The number of aryl methyl sites for hydroxylation is 1.